The first-order valence-electron chi connectivity index (χ1n) is 7.23. The normalized spacial score (nSPS) is 21.4. The molecule has 0 amide bonds. The van der Waals surface area contributed by atoms with Crippen molar-refractivity contribution in [1.82, 2.24) is 15.2 Å². The van der Waals surface area contributed by atoms with Crippen LogP contribution in [-0.4, -0.2) is 48.8 Å². The zero-order chi connectivity index (χ0) is 14.6. The molecule has 2 rings (SSSR count). The topological polar surface area (TPSA) is 37.4 Å². The zero-order valence-electron chi connectivity index (χ0n) is 12.5. The Bertz CT molecular complexity index is 437. The molecule has 2 atom stereocenters. The number of rotatable bonds is 5. The van der Waals surface area contributed by atoms with Crippen LogP contribution in [0.4, 0.5) is 4.39 Å². The fraction of sp³-hybridized carbons (Fsp3) is 0.667. The van der Waals surface area contributed by atoms with Crippen LogP contribution in [-0.2, 0) is 4.74 Å². The maximum atomic E-state index is 14.1. The predicted octanol–water partition coefficient (Wildman–Crippen LogP) is 1.98. The minimum Gasteiger partial charge on any atom is -0.379 e. The molecule has 5 heteroatoms. The van der Waals surface area contributed by atoms with Crippen molar-refractivity contribution in [3.05, 3.63) is 29.8 Å². The van der Waals surface area contributed by atoms with Gasteiger partial charge in [0.1, 0.15) is 5.82 Å². The number of nitrogens with one attached hydrogen (secondary N) is 1. The van der Waals surface area contributed by atoms with Crippen molar-refractivity contribution >= 4 is 0 Å². The molecule has 1 aromatic rings. The Morgan fingerprint density at radius 3 is 2.75 bits per heavy atom. The quantitative estimate of drug-likeness (QED) is 0.895. The van der Waals surface area contributed by atoms with Crippen LogP contribution in [0.3, 0.4) is 0 Å². The summed E-state index contributed by atoms with van der Waals surface area (Å²) in [5, 5.41) is 3.30. The molecule has 1 N–H and O–H groups in total. The van der Waals surface area contributed by atoms with Gasteiger partial charge in [-0.3, -0.25) is 9.88 Å². The van der Waals surface area contributed by atoms with Gasteiger partial charge < -0.3 is 10.1 Å². The van der Waals surface area contributed by atoms with Gasteiger partial charge in [0, 0.05) is 30.4 Å². The van der Waals surface area contributed by atoms with E-state index in [4.69, 9.17) is 4.74 Å². The van der Waals surface area contributed by atoms with Gasteiger partial charge in [-0.25, -0.2) is 4.39 Å². The lowest BCUT2D eigenvalue weighted by atomic mass is 9.82. The van der Waals surface area contributed by atoms with E-state index in [0.29, 0.717) is 5.56 Å². The SMILES string of the molecule is CCC(C)(C(NC)c1ccncc1F)N1CCOCC1. The minimum absolute atomic E-state index is 0.0754. The van der Waals surface area contributed by atoms with Crippen molar-refractivity contribution < 1.29 is 9.13 Å². The molecule has 0 aliphatic carbocycles. The molecule has 1 fully saturated rings. The molecule has 0 radical (unpaired) electrons. The molecule has 0 aromatic carbocycles. The molecule has 4 nitrogen and oxygen atoms in total. The summed E-state index contributed by atoms with van der Waals surface area (Å²) < 4.78 is 19.6. The number of morpholine rings is 1. The average Bonchev–Trinajstić information content (AvgIpc) is 2.50. The van der Waals surface area contributed by atoms with Crippen molar-refractivity contribution in [1.29, 1.82) is 0 Å². The Hall–Kier alpha value is -1.04. The molecule has 20 heavy (non-hydrogen) atoms. The predicted molar refractivity (Wildman–Crippen MR) is 77.1 cm³/mol. The molecule has 0 bridgehead atoms. The number of hydrogen-bond acceptors (Lipinski definition) is 4. The van der Waals surface area contributed by atoms with Crippen LogP contribution >= 0.6 is 0 Å². The van der Waals surface area contributed by atoms with Crippen LogP contribution in [0.5, 0.6) is 0 Å². The van der Waals surface area contributed by atoms with Gasteiger partial charge in [-0.05, 0) is 26.5 Å². The van der Waals surface area contributed by atoms with Crippen molar-refractivity contribution in [2.45, 2.75) is 31.8 Å². The number of pyridine rings is 1. The van der Waals surface area contributed by atoms with E-state index in [2.05, 4.69) is 29.0 Å². The van der Waals surface area contributed by atoms with E-state index in [-0.39, 0.29) is 17.4 Å². The lowest BCUT2D eigenvalue weighted by Gasteiger charge is -2.47. The summed E-state index contributed by atoms with van der Waals surface area (Å²) in [6.45, 7) is 7.60. The van der Waals surface area contributed by atoms with Crippen LogP contribution in [0.15, 0.2) is 18.5 Å². The van der Waals surface area contributed by atoms with Crippen LogP contribution in [0.2, 0.25) is 0 Å². The summed E-state index contributed by atoms with van der Waals surface area (Å²) in [5.74, 6) is -0.250. The molecule has 0 spiro atoms. The second-order valence-corrected chi connectivity index (χ2v) is 5.43. The molecule has 2 heterocycles. The Morgan fingerprint density at radius 2 is 2.20 bits per heavy atom. The fourth-order valence-corrected chi connectivity index (χ4v) is 3.11. The van der Waals surface area contributed by atoms with Crippen molar-refractivity contribution in [3.63, 3.8) is 0 Å². The molecule has 0 saturated carbocycles. The monoisotopic (exact) mass is 281 g/mol. The molecular weight excluding hydrogens is 257 g/mol. The van der Waals surface area contributed by atoms with Crippen LogP contribution in [0.1, 0.15) is 31.9 Å². The molecule has 1 aliphatic heterocycles. The van der Waals surface area contributed by atoms with Crippen LogP contribution in [0.25, 0.3) is 0 Å². The van der Waals surface area contributed by atoms with Gasteiger partial charge in [0.25, 0.3) is 0 Å². The first kappa shape index (κ1) is 15.4. The molecule has 1 aliphatic rings. The molecule has 1 aromatic heterocycles. The molecule has 2 unspecified atom stereocenters. The van der Waals surface area contributed by atoms with E-state index in [0.717, 1.165) is 32.7 Å². The number of ether oxygens (including phenoxy) is 1. The maximum Gasteiger partial charge on any atom is 0.146 e. The molecular formula is C15H24FN3O. The third-order valence-electron chi connectivity index (χ3n) is 4.47. The van der Waals surface area contributed by atoms with Gasteiger partial charge in [-0.15, -0.1) is 0 Å². The number of nitrogens with zero attached hydrogens (tertiary/aromatic N) is 2. The molecule has 112 valence electrons. The van der Waals surface area contributed by atoms with Gasteiger partial charge in [0.2, 0.25) is 0 Å². The Balaban J connectivity index is 2.33. The van der Waals surface area contributed by atoms with Crippen LogP contribution in [0, 0.1) is 5.82 Å². The lowest BCUT2D eigenvalue weighted by molar-refractivity contribution is -0.0323. The van der Waals surface area contributed by atoms with Gasteiger partial charge in [0.05, 0.1) is 25.5 Å². The average molecular weight is 281 g/mol. The summed E-state index contributed by atoms with van der Waals surface area (Å²) in [4.78, 5) is 6.25. The van der Waals surface area contributed by atoms with E-state index in [1.54, 1.807) is 12.3 Å². The fourth-order valence-electron chi connectivity index (χ4n) is 3.11. The molecule has 1 saturated heterocycles. The third kappa shape index (κ3) is 2.85. The van der Waals surface area contributed by atoms with Crippen LogP contribution < -0.4 is 5.32 Å². The smallest absolute Gasteiger partial charge is 0.146 e. The second kappa shape index (κ2) is 6.61. The van der Waals surface area contributed by atoms with E-state index >= 15 is 0 Å². The number of halogens is 1. The van der Waals surface area contributed by atoms with Gasteiger partial charge >= 0.3 is 0 Å². The summed E-state index contributed by atoms with van der Waals surface area (Å²) in [5.41, 5.74) is 0.527. The number of hydrogen-bond donors (Lipinski definition) is 1. The van der Waals surface area contributed by atoms with Crippen molar-refractivity contribution in [2.24, 2.45) is 0 Å². The Labute approximate surface area is 120 Å². The van der Waals surface area contributed by atoms with Crippen molar-refractivity contribution in [2.75, 3.05) is 33.4 Å². The third-order valence-corrected chi connectivity index (χ3v) is 4.47. The van der Waals surface area contributed by atoms with E-state index in [9.17, 15) is 4.39 Å². The summed E-state index contributed by atoms with van der Waals surface area (Å²) in [6, 6.07) is 1.69. The summed E-state index contributed by atoms with van der Waals surface area (Å²) >= 11 is 0. The second-order valence-electron chi connectivity index (χ2n) is 5.43. The highest BCUT2D eigenvalue weighted by molar-refractivity contribution is 5.22. The van der Waals surface area contributed by atoms with E-state index < -0.39 is 0 Å². The zero-order valence-corrected chi connectivity index (χ0v) is 12.5. The van der Waals surface area contributed by atoms with E-state index in [1.165, 1.54) is 6.20 Å². The van der Waals surface area contributed by atoms with Crippen molar-refractivity contribution in [3.8, 4) is 0 Å². The van der Waals surface area contributed by atoms with Gasteiger partial charge in [-0.2, -0.15) is 0 Å². The largest absolute Gasteiger partial charge is 0.379 e. The highest BCUT2D eigenvalue weighted by Gasteiger charge is 2.40. The highest BCUT2D eigenvalue weighted by atomic mass is 19.1. The van der Waals surface area contributed by atoms with E-state index in [1.807, 2.05) is 7.05 Å². The highest BCUT2D eigenvalue weighted by Crippen LogP contribution is 2.35. The first-order chi connectivity index (χ1) is 9.63. The number of aromatic nitrogens is 1. The minimum atomic E-state index is -0.250. The Morgan fingerprint density at radius 1 is 1.50 bits per heavy atom. The standard InChI is InChI=1S/C15H24FN3O/c1-4-15(2,19-7-9-20-10-8-19)14(17-3)12-5-6-18-11-13(12)16/h5-6,11,14,17H,4,7-10H2,1-3H3. The first-order valence-corrected chi connectivity index (χ1v) is 7.23. The summed E-state index contributed by atoms with van der Waals surface area (Å²) in [7, 11) is 1.89. The maximum absolute atomic E-state index is 14.1. The lowest BCUT2D eigenvalue weighted by Crippen LogP contribution is -2.57. The van der Waals surface area contributed by atoms with Gasteiger partial charge in [-0.1, -0.05) is 6.92 Å². The number of likely N-dealkylation sites (N-methyl/N-ethyl adjacent to an activating group) is 1. The Kier molecular flexibility index (Phi) is 5.07. The summed E-state index contributed by atoms with van der Waals surface area (Å²) in [6.07, 6.45) is 3.87. The van der Waals surface area contributed by atoms with Gasteiger partial charge in [0.15, 0.2) is 0 Å².